The summed E-state index contributed by atoms with van der Waals surface area (Å²) in [5.41, 5.74) is 0.757. The fraction of sp³-hybridized carbons (Fsp3) is 0.250. The van der Waals surface area contributed by atoms with E-state index in [1.165, 1.54) is 30.8 Å². The van der Waals surface area contributed by atoms with Crippen LogP contribution >= 0.6 is 11.8 Å². The number of thioether (sulfide) groups is 1. The van der Waals surface area contributed by atoms with Crippen LogP contribution < -0.4 is 4.74 Å². The molecule has 0 aromatic heterocycles. The summed E-state index contributed by atoms with van der Waals surface area (Å²) in [5.74, 6) is 0.691. The number of halogens is 2. The molecule has 92 valence electrons. The Morgan fingerprint density at radius 1 is 1.53 bits per heavy atom. The predicted octanol–water partition coefficient (Wildman–Crippen LogP) is 3.58. The maximum Gasteiger partial charge on any atom is 0.387 e. The SMILES string of the molecule is CC(=O)SCC=Cc1cccc(OC(F)F)c1. The van der Waals surface area contributed by atoms with Gasteiger partial charge in [-0.2, -0.15) is 8.78 Å². The first-order chi connectivity index (χ1) is 8.08. The Labute approximate surface area is 103 Å². The number of hydrogen-bond acceptors (Lipinski definition) is 3. The van der Waals surface area contributed by atoms with Crippen LogP contribution in [0.3, 0.4) is 0 Å². The van der Waals surface area contributed by atoms with E-state index in [4.69, 9.17) is 0 Å². The lowest BCUT2D eigenvalue weighted by molar-refractivity contribution is -0.109. The van der Waals surface area contributed by atoms with E-state index in [0.29, 0.717) is 5.75 Å². The molecule has 0 bridgehead atoms. The van der Waals surface area contributed by atoms with Gasteiger partial charge in [0.15, 0.2) is 5.12 Å². The lowest BCUT2D eigenvalue weighted by atomic mass is 10.2. The van der Waals surface area contributed by atoms with E-state index < -0.39 is 6.61 Å². The van der Waals surface area contributed by atoms with Gasteiger partial charge in [-0.05, 0) is 17.7 Å². The third-order valence-electron chi connectivity index (χ3n) is 1.78. The lowest BCUT2D eigenvalue weighted by Gasteiger charge is -2.04. The first-order valence-corrected chi connectivity index (χ1v) is 5.91. The second-order valence-electron chi connectivity index (χ2n) is 3.16. The van der Waals surface area contributed by atoms with Gasteiger partial charge in [0.25, 0.3) is 0 Å². The van der Waals surface area contributed by atoms with Gasteiger partial charge in [-0.1, -0.05) is 36.0 Å². The Balaban J connectivity index is 2.56. The number of ether oxygens (including phenoxy) is 1. The second-order valence-corrected chi connectivity index (χ2v) is 4.35. The largest absolute Gasteiger partial charge is 0.435 e. The van der Waals surface area contributed by atoms with Gasteiger partial charge in [-0.15, -0.1) is 0 Å². The molecule has 1 aromatic carbocycles. The van der Waals surface area contributed by atoms with E-state index in [1.807, 2.05) is 0 Å². The molecule has 2 nitrogen and oxygen atoms in total. The molecule has 0 unspecified atom stereocenters. The molecule has 1 aromatic rings. The van der Waals surface area contributed by atoms with Gasteiger partial charge in [-0.3, -0.25) is 4.79 Å². The van der Waals surface area contributed by atoms with E-state index in [9.17, 15) is 13.6 Å². The second kappa shape index (κ2) is 7.06. The molecule has 0 saturated carbocycles. The first-order valence-electron chi connectivity index (χ1n) is 4.92. The van der Waals surface area contributed by atoms with Crippen LogP contribution in [-0.4, -0.2) is 17.5 Å². The number of benzene rings is 1. The summed E-state index contributed by atoms with van der Waals surface area (Å²) in [6, 6.07) is 6.39. The van der Waals surface area contributed by atoms with E-state index >= 15 is 0 Å². The Hall–Kier alpha value is -1.36. The van der Waals surface area contributed by atoms with E-state index in [2.05, 4.69) is 4.74 Å². The Kier molecular flexibility index (Phi) is 5.69. The summed E-state index contributed by atoms with van der Waals surface area (Å²) in [6.45, 7) is -1.32. The zero-order chi connectivity index (χ0) is 12.7. The quantitative estimate of drug-likeness (QED) is 0.807. The van der Waals surface area contributed by atoms with Crippen molar-refractivity contribution in [2.45, 2.75) is 13.5 Å². The molecule has 0 aliphatic carbocycles. The third kappa shape index (κ3) is 6.06. The highest BCUT2D eigenvalue weighted by atomic mass is 32.2. The smallest absolute Gasteiger partial charge is 0.387 e. The van der Waals surface area contributed by atoms with Crippen molar-refractivity contribution < 1.29 is 18.3 Å². The third-order valence-corrected chi connectivity index (χ3v) is 2.54. The normalized spacial score (nSPS) is 11.1. The van der Waals surface area contributed by atoms with Crippen molar-refractivity contribution in [1.82, 2.24) is 0 Å². The molecule has 0 spiro atoms. The number of hydrogen-bond donors (Lipinski definition) is 0. The highest BCUT2D eigenvalue weighted by molar-refractivity contribution is 8.13. The van der Waals surface area contributed by atoms with E-state index in [0.717, 1.165) is 5.56 Å². The van der Waals surface area contributed by atoms with E-state index in [1.54, 1.807) is 24.3 Å². The zero-order valence-corrected chi connectivity index (χ0v) is 10.0. The van der Waals surface area contributed by atoms with Crippen molar-refractivity contribution in [3.05, 3.63) is 35.9 Å². The van der Waals surface area contributed by atoms with Gasteiger partial charge in [0, 0.05) is 12.7 Å². The monoisotopic (exact) mass is 258 g/mol. The van der Waals surface area contributed by atoms with Crippen LogP contribution in [0.1, 0.15) is 12.5 Å². The van der Waals surface area contributed by atoms with Gasteiger partial charge in [-0.25, -0.2) is 0 Å². The van der Waals surface area contributed by atoms with Crippen LogP contribution in [0.5, 0.6) is 5.75 Å². The molecule has 0 aliphatic rings. The topological polar surface area (TPSA) is 26.3 Å². The molecule has 0 atom stereocenters. The van der Waals surface area contributed by atoms with Crippen molar-refractivity contribution in [3.8, 4) is 5.75 Å². The molecule has 0 saturated heterocycles. The van der Waals surface area contributed by atoms with Gasteiger partial charge in [0.1, 0.15) is 5.75 Å². The van der Waals surface area contributed by atoms with Gasteiger partial charge >= 0.3 is 6.61 Å². The summed E-state index contributed by atoms with van der Waals surface area (Å²) in [4.78, 5) is 10.7. The van der Waals surface area contributed by atoms with Crippen molar-refractivity contribution in [2.75, 3.05) is 5.75 Å². The molecule has 5 heteroatoms. The van der Waals surface area contributed by atoms with Crippen molar-refractivity contribution in [2.24, 2.45) is 0 Å². The highest BCUT2D eigenvalue weighted by Crippen LogP contribution is 2.17. The molecule has 0 aliphatic heterocycles. The fourth-order valence-corrected chi connectivity index (χ4v) is 1.57. The van der Waals surface area contributed by atoms with Gasteiger partial charge in [0.2, 0.25) is 0 Å². The molecule has 0 N–H and O–H groups in total. The summed E-state index contributed by atoms with van der Waals surface area (Å²) in [5, 5.41) is 0.0458. The summed E-state index contributed by atoms with van der Waals surface area (Å²) in [6.07, 6.45) is 3.56. The summed E-state index contributed by atoms with van der Waals surface area (Å²) >= 11 is 1.19. The molecule has 0 amide bonds. The molecule has 0 heterocycles. The average molecular weight is 258 g/mol. The Morgan fingerprint density at radius 2 is 2.29 bits per heavy atom. The van der Waals surface area contributed by atoms with Crippen LogP contribution in [0.2, 0.25) is 0 Å². The fourth-order valence-electron chi connectivity index (χ4n) is 1.14. The van der Waals surface area contributed by atoms with E-state index in [-0.39, 0.29) is 10.9 Å². The van der Waals surface area contributed by atoms with Crippen LogP contribution in [-0.2, 0) is 4.79 Å². The van der Waals surface area contributed by atoms with Gasteiger partial charge < -0.3 is 4.74 Å². The molecule has 0 radical (unpaired) electrons. The highest BCUT2D eigenvalue weighted by Gasteiger charge is 2.03. The summed E-state index contributed by atoms with van der Waals surface area (Å²) < 4.78 is 28.2. The zero-order valence-electron chi connectivity index (χ0n) is 9.23. The maximum atomic E-state index is 12.0. The molecule has 1 rings (SSSR count). The van der Waals surface area contributed by atoms with Crippen molar-refractivity contribution in [1.29, 1.82) is 0 Å². The summed E-state index contributed by atoms with van der Waals surface area (Å²) in [7, 11) is 0. The first kappa shape index (κ1) is 13.7. The van der Waals surface area contributed by atoms with Crippen LogP contribution in [0.25, 0.3) is 6.08 Å². The molecular formula is C12H12F2O2S. The minimum atomic E-state index is -2.82. The number of carbonyl (C=O) groups is 1. The van der Waals surface area contributed by atoms with Crippen LogP contribution in [0, 0.1) is 0 Å². The molecule has 0 fully saturated rings. The van der Waals surface area contributed by atoms with Crippen LogP contribution in [0.15, 0.2) is 30.3 Å². The lowest BCUT2D eigenvalue weighted by Crippen LogP contribution is -2.01. The minimum absolute atomic E-state index is 0.0458. The van der Waals surface area contributed by atoms with Crippen LogP contribution in [0.4, 0.5) is 8.78 Å². The number of carbonyl (C=O) groups excluding carboxylic acids is 1. The maximum absolute atomic E-state index is 12.0. The van der Waals surface area contributed by atoms with Gasteiger partial charge in [0.05, 0.1) is 0 Å². The van der Waals surface area contributed by atoms with Crippen molar-refractivity contribution in [3.63, 3.8) is 0 Å². The molecule has 17 heavy (non-hydrogen) atoms. The Bertz CT molecular complexity index is 405. The number of alkyl halides is 2. The predicted molar refractivity (Wildman–Crippen MR) is 65.2 cm³/mol. The average Bonchev–Trinajstić information content (AvgIpc) is 2.24. The number of rotatable bonds is 5. The minimum Gasteiger partial charge on any atom is -0.435 e. The molecular weight excluding hydrogens is 246 g/mol. The standard InChI is InChI=1S/C12H12F2O2S/c1-9(15)17-7-3-5-10-4-2-6-11(8-10)16-12(13)14/h2-6,8,12H,7H2,1H3. The van der Waals surface area contributed by atoms with Crippen molar-refractivity contribution >= 4 is 23.0 Å². The Morgan fingerprint density at radius 3 is 2.94 bits per heavy atom.